The minimum Gasteiger partial charge on any atom is -0.325 e. The number of aromatic amines is 1. The number of rotatable bonds is 6. The first kappa shape index (κ1) is 20.1. The molecule has 3 aromatic rings. The van der Waals surface area contributed by atoms with Gasteiger partial charge in [-0.2, -0.15) is 0 Å². The molecule has 0 unspecified atom stereocenters. The fraction of sp³-hybridized carbons (Fsp3) is 0.200. The maximum atomic E-state index is 12.2. The van der Waals surface area contributed by atoms with Gasteiger partial charge < -0.3 is 5.32 Å². The van der Waals surface area contributed by atoms with Crippen LogP contribution in [0.1, 0.15) is 22.4 Å². The van der Waals surface area contributed by atoms with E-state index in [1.54, 1.807) is 12.1 Å². The molecule has 0 fully saturated rings. The number of amides is 1. The van der Waals surface area contributed by atoms with Gasteiger partial charge in [-0.25, -0.2) is 0 Å². The van der Waals surface area contributed by atoms with Crippen molar-refractivity contribution in [2.75, 3.05) is 11.1 Å². The van der Waals surface area contributed by atoms with Crippen LogP contribution in [0.15, 0.2) is 52.4 Å². The summed E-state index contributed by atoms with van der Waals surface area (Å²) < 4.78 is 0. The van der Waals surface area contributed by atoms with Gasteiger partial charge in [-0.05, 0) is 37.1 Å². The molecule has 0 bridgehead atoms. The summed E-state index contributed by atoms with van der Waals surface area (Å²) in [6, 6.07) is 13.2. The molecular formula is C20H19ClN4O2S. The number of hydrogen-bond donors (Lipinski definition) is 2. The lowest BCUT2D eigenvalue weighted by atomic mass is 10.1. The zero-order valence-electron chi connectivity index (χ0n) is 15.5. The molecule has 0 radical (unpaired) electrons. The van der Waals surface area contributed by atoms with Crippen LogP contribution >= 0.6 is 23.4 Å². The van der Waals surface area contributed by atoms with Crippen molar-refractivity contribution >= 4 is 35.0 Å². The smallest absolute Gasteiger partial charge is 0.273 e. The molecule has 1 amide bonds. The van der Waals surface area contributed by atoms with Crippen molar-refractivity contribution in [3.63, 3.8) is 0 Å². The average molecular weight is 415 g/mol. The third-order valence-electron chi connectivity index (χ3n) is 4.05. The van der Waals surface area contributed by atoms with Gasteiger partial charge in [0, 0.05) is 17.1 Å². The molecular weight excluding hydrogens is 396 g/mol. The predicted octanol–water partition coefficient (Wildman–Crippen LogP) is 3.76. The molecule has 8 heteroatoms. The minimum atomic E-state index is -0.302. The Kier molecular flexibility index (Phi) is 6.49. The number of H-pyrrole nitrogens is 1. The molecule has 144 valence electrons. The largest absolute Gasteiger partial charge is 0.325 e. The monoisotopic (exact) mass is 414 g/mol. The maximum absolute atomic E-state index is 12.2. The molecule has 3 rings (SSSR count). The van der Waals surface area contributed by atoms with E-state index in [0.29, 0.717) is 28.0 Å². The van der Waals surface area contributed by atoms with Crippen molar-refractivity contribution in [3.8, 4) is 0 Å². The molecule has 28 heavy (non-hydrogen) atoms. The van der Waals surface area contributed by atoms with Gasteiger partial charge >= 0.3 is 0 Å². The molecule has 1 heterocycles. The fourth-order valence-corrected chi connectivity index (χ4v) is 3.25. The Morgan fingerprint density at radius 2 is 1.89 bits per heavy atom. The van der Waals surface area contributed by atoms with Crippen LogP contribution < -0.4 is 10.9 Å². The molecule has 0 aliphatic heterocycles. The van der Waals surface area contributed by atoms with E-state index in [1.165, 1.54) is 0 Å². The van der Waals surface area contributed by atoms with Crippen LogP contribution in [0.3, 0.4) is 0 Å². The van der Waals surface area contributed by atoms with Crippen LogP contribution in [0, 0.1) is 13.8 Å². The second-order valence-electron chi connectivity index (χ2n) is 6.36. The number of nitrogens with one attached hydrogen (secondary N) is 2. The zero-order chi connectivity index (χ0) is 20.1. The Bertz CT molecular complexity index is 1050. The van der Waals surface area contributed by atoms with E-state index in [-0.39, 0.29) is 17.2 Å². The van der Waals surface area contributed by atoms with E-state index in [2.05, 4.69) is 20.5 Å². The summed E-state index contributed by atoms with van der Waals surface area (Å²) in [4.78, 5) is 27.1. The molecule has 2 aromatic carbocycles. The molecule has 0 aliphatic carbocycles. The molecule has 0 saturated carbocycles. The quantitative estimate of drug-likeness (QED) is 0.599. The zero-order valence-corrected chi connectivity index (χ0v) is 17.0. The molecule has 0 saturated heterocycles. The molecule has 2 N–H and O–H groups in total. The summed E-state index contributed by atoms with van der Waals surface area (Å²) in [5, 5.41) is 11.7. The highest BCUT2D eigenvalue weighted by atomic mass is 35.5. The van der Waals surface area contributed by atoms with Crippen LogP contribution in [0.25, 0.3) is 0 Å². The molecule has 0 spiro atoms. The normalized spacial score (nSPS) is 10.7. The van der Waals surface area contributed by atoms with Crippen molar-refractivity contribution in [1.29, 1.82) is 0 Å². The predicted molar refractivity (Wildman–Crippen MR) is 112 cm³/mol. The van der Waals surface area contributed by atoms with E-state index in [4.69, 9.17) is 11.6 Å². The summed E-state index contributed by atoms with van der Waals surface area (Å²) in [5.41, 5.74) is 3.75. The number of benzene rings is 2. The van der Waals surface area contributed by atoms with Crippen LogP contribution in [0.4, 0.5) is 5.69 Å². The van der Waals surface area contributed by atoms with Gasteiger partial charge in [0.1, 0.15) is 5.69 Å². The fourth-order valence-electron chi connectivity index (χ4n) is 2.47. The first-order valence-corrected chi connectivity index (χ1v) is 9.97. The lowest BCUT2D eigenvalue weighted by Gasteiger charge is -2.08. The van der Waals surface area contributed by atoms with Crippen molar-refractivity contribution < 1.29 is 4.79 Å². The lowest BCUT2D eigenvalue weighted by Crippen LogP contribution is -2.19. The Hall–Kier alpha value is -2.64. The van der Waals surface area contributed by atoms with Crippen LogP contribution in [-0.4, -0.2) is 26.8 Å². The SMILES string of the molecule is Cc1ccc(Cc2nnc(SCC(=O)Nc3cc(Cl)ccc3C)[nH]c2=O)cc1. The summed E-state index contributed by atoms with van der Waals surface area (Å²) in [7, 11) is 0. The number of nitrogens with zero attached hydrogens (tertiary/aromatic N) is 2. The van der Waals surface area contributed by atoms with Gasteiger partial charge in [0.15, 0.2) is 5.16 Å². The van der Waals surface area contributed by atoms with Crippen molar-refractivity contribution in [2.45, 2.75) is 25.4 Å². The van der Waals surface area contributed by atoms with E-state index >= 15 is 0 Å². The molecule has 0 aliphatic rings. The maximum Gasteiger partial charge on any atom is 0.273 e. The second kappa shape index (κ2) is 9.03. The second-order valence-corrected chi connectivity index (χ2v) is 7.76. The summed E-state index contributed by atoms with van der Waals surface area (Å²) in [6.45, 7) is 3.89. The summed E-state index contributed by atoms with van der Waals surface area (Å²) in [6.07, 6.45) is 0.405. The number of anilines is 1. The number of aromatic nitrogens is 3. The first-order valence-electron chi connectivity index (χ1n) is 8.61. The highest BCUT2D eigenvalue weighted by Crippen LogP contribution is 2.21. The summed E-state index contributed by atoms with van der Waals surface area (Å²) >= 11 is 7.07. The van der Waals surface area contributed by atoms with Crippen molar-refractivity contribution in [1.82, 2.24) is 15.2 Å². The van der Waals surface area contributed by atoms with E-state index in [9.17, 15) is 9.59 Å². The molecule has 0 atom stereocenters. The average Bonchev–Trinajstić information content (AvgIpc) is 2.67. The number of carbonyl (C=O) groups is 1. The third kappa shape index (κ3) is 5.43. The topological polar surface area (TPSA) is 87.7 Å². The van der Waals surface area contributed by atoms with Crippen LogP contribution in [0.2, 0.25) is 5.02 Å². The Morgan fingerprint density at radius 1 is 1.14 bits per heavy atom. The Morgan fingerprint density at radius 3 is 2.61 bits per heavy atom. The Labute approximate surface area is 171 Å². The first-order chi connectivity index (χ1) is 13.4. The van der Waals surface area contributed by atoms with E-state index < -0.39 is 0 Å². The van der Waals surface area contributed by atoms with Gasteiger partial charge in [-0.3, -0.25) is 14.6 Å². The minimum absolute atomic E-state index is 0.0912. The highest BCUT2D eigenvalue weighted by molar-refractivity contribution is 7.99. The van der Waals surface area contributed by atoms with Gasteiger partial charge in [-0.15, -0.1) is 10.2 Å². The van der Waals surface area contributed by atoms with Crippen molar-refractivity contribution in [2.24, 2.45) is 0 Å². The van der Waals surface area contributed by atoms with Crippen LogP contribution in [-0.2, 0) is 11.2 Å². The number of hydrogen-bond acceptors (Lipinski definition) is 5. The van der Waals surface area contributed by atoms with Gasteiger partial charge in [0.2, 0.25) is 5.91 Å². The van der Waals surface area contributed by atoms with Crippen molar-refractivity contribution in [3.05, 3.63) is 80.2 Å². The van der Waals surface area contributed by atoms with E-state index in [1.807, 2.05) is 44.2 Å². The molecule has 6 nitrogen and oxygen atoms in total. The number of carbonyl (C=O) groups excluding carboxylic acids is 1. The van der Waals surface area contributed by atoms with Gasteiger partial charge in [0.05, 0.1) is 5.75 Å². The van der Waals surface area contributed by atoms with Gasteiger partial charge in [0.25, 0.3) is 5.56 Å². The highest BCUT2D eigenvalue weighted by Gasteiger charge is 2.10. The number of aryl methyl sites for hydroxylation is 2. The number of thioether (sulfide) groups is 1. The van der Waals surface area contributed by atoms with E-state index in [0.717, 1.165) is 28.5 Å². The lowest BCUT2D eigenvalue weighted by molar-refractivity contribution is -0.113. The number of halogens is 1. The Balaban J connectivity index is 1.59. The third-order valence-corrected chi connectivity index (χ3v) is 5.15. The molecule has 1 aromatic heterocycles. The standard InChI is InChI=1S/C20H19ClN4O2S/c1-12-3-6-14(7-4-12)9-17-19(27)23-20(25-24-17)28-11-18(26)22-16-10-15(21)8-5-13(16)2/h3-8,10H,9,11H2,1-2H3,(H,22,26)(H,23,25,27). The van der Waals surface area contributed by atoms with Gasteiger partial charge in [-0.1, -0.05) is 59.3 Å². The van der Waals surface area contributed by atoms with Crippen LogP contribution in [0.5, 0.6) is 0 Å². The summed E-state index contributed by atoms with van der Waals surface area (Å²) in [5.74, 6) is -0.129.